The molecule has 0 radical (unpaired) electrons. The van der Waals surface area contributed by atoms with Gasteiger partial charge in [0.1, 0.15) is 0 Å². The van der Waals surface area contributed by atoms with Crippen molar-refractivity contribution >= 4 is 17.5 Å². The van der Waals surface area contributed by atoms with Gasteiger partial charge in [-0.3, -0.25) is 9.59 Å². The molecule has 2 aliphatic rings. The summed E-state index contributed by atoms with van der Waals surface area (Å²) in [4.78, 5) is 27.5. The Kier molecular flexibility index (Phi) is 6.23. The third kappa shape index (κ3) is 4.36. The Bertz CT molecular complexity index is 663. The van der Waals surface area contributed by atoms with Crippen molar-refractivity contribution in [1.29, 1.82) is 0 Å². The number of para-hydroxylation sites is 1. The van der Waals surface area contributed by atoms with E-state index in [1.54, 1.807) is 0 Å². The average Bonchev–Trinajstić information content (AvgIpc) is 3.03. The monoisotopic (exact) mass is 370 g/mol. The SMILES string of the molecule is CC(C)c1cccc(C(C)C)c1N1CC(C(=O)NC2CCCCC2)CC1=O. The fraction of sp³-hybridized carbons (Fsp3) is 0.652. The second-order valence-electron chi connectivity index (χ2n) is 8.84. The summed E-state index contributed by atoms with van der Waals surface area (Å²) in [7, 11) is 0. The van der Waals surface area contributed by atoms with Crippen LogP contribution in [0.15, 0.2) is 18.2 Å². The number of rotatable bonds is 5. The molecule has 1 aliphatic heterocycles. The molecule has 0 spiro atoms. The summed E-state index contributed by atoms with van der Waals surface area (Å²) in [5, 5.41) is 3.21. The van der Waals surface area contributed by atoms with Crippen LogP contribution >= 0.6 is 0 Å². The first kappa shape index (κ1) is 19.9. The van der Waals surface area contributed by atoms with Crippen molar-refractivity contribution < 1.29 is 9.59 Å². The normalized spacial score (nSPS) is 21.3. The zero-order valence-corrected chi connectivity index (χ0v) is 17.3. The number of amides is 2. The number of carbonyl (C=O) groups excluding carboxylic acids is 2. The molecule has 1 saturated heterocycles. The third-order valence-electron chi connectivity index (χ3n) is 6.06. The summed E-state index contributed by atoms with van der Waals surface area (Å²) >= 11 is 0. The van der Waals surface area contributed by atoms with Crippen molar-refractivity contribution in [3.63, 3.8) is 0 Å². The molecule has 3 rings (SSSR count). The minimum absolute atomic E-state index is 0.0610. The second-order valence-corrected chi connectivity index (χ2v) is 8.84. The standard InChI is InChI=1S/C23H34N2O2/c1-15(2)19-11-8-12-20(16(3)4)22(19)25-14-17(13-21(25)26)23(27)24-18-9-6-5-7-10-18/h8,11-12,15-18H,5-7,9-10,13-14H2,1-4H3,(H,24,27). The van der Waals surface area contributed by atoms with Gasteiger partial charge in [0.2, 0.25) is 11.8 Å². The van der Waals surface area contributed by atoms with Crippen LogP contribution < -0.4 is 10.2 Å². The number of hydrogen-bond acceptors (Lipinski definition) is 2. The van der Waals surface area contributed by atoms with E-state index in [0.717, 1.165) is 18.5 Å². The van der Waals surface area contributed by atoms with Gasteiger partial charge in [-0.15, -0.1) is 0 Å². The van der Waals surface area contributed by atoms with Gasteiger partial charge in [0.15, 0.2) is 0 Å². The van der Waals surface area contributed by atoms with Crippen molar-refractivity contribution in [3.8, 4) is 0 Å². The van der Waals surface area contributed by atoms with E-state index >= 15 is 0 Å². The molecule has 2 amide bonds. The Labute approximate surface area is 163 Å². The lowest BCUT2D eigenvalue weighted by Crippen LogP contribution is -2.40. The minimum Gasteiger partial charge on any atom is -0.353 e. The highest BCUT2D eigenvalue weighted by Crippen LogP contribution is 2.38. The number of nitrogens with zero attached hydrogens (tertiary/aromatic N) is 1. The molecule has 1 atom stereocenters. The van der Waals surface area contributed by atoms with Crippen molar-refractivity contribution in [2.75, 3.05) is 11.4 Å². The predicted molar refractivity (Wildman–Crippen MR) is 110 cm³/mol. The molecule has 0 bridgehead atoms. The molecule has 1 aromatic carbocycles. The van der Waals surface area contributed by atoms with E-state index in [9.17, 15) is 9.59 Å². The van der Waals surface area contributed by atoms with E-state index in [1.807, 2.05) is 4.90 Å². The smallest absolute Gasteiger partial charge is 0.227 e. The third-order valence-corrected chi connectivity index (χ3v) is 6.06. The van der Waals surface area contributed by atoms with Crippen LogP contribution in [-0.2, 0) is 9.59 Å². The average molecular weight is 371 g/mol. The number of benzene rings is 1. The molecule has 1 aliphatic carbocycles. The van der Waals surface area contributed by atoms with Crippen LogP contribution in [0.3, 0.4) is 0 Å². The Morgan fingerprint density at radius 1 is 1.04 bits per heavy atom. The van der Waals surface area contributed by atoms with E-state index in [-0.39, 0.29) is 17.7 Å². The number of hydrogen-bond donors (Lipinski definition) is 1. The number of carbonyl (C=O) groups is 2. The summed E-state index contributed by atoms with van der Waals surface area (Å²) in [6.45, 7) is 9.15. The summed E-state index contributed by atoms with van der Waals surface area (Å²) in [5.74, 6) is 0.572. The van der Waals surface area contributed by atoms with Crippen molar-refractivity contribution in [1.82, 2.24) is 5.32 Å². The predicted octanol–water partition coefficient (Wildman–Crippen LogP) is 4.74. The van der Waals surface area contributed by atoms with E-state index in [1.165, 1.54) is 30.4 Å². The first-order valence-corrected chi connectivity index (χ1v) is 10.6. The molecule has 4 nitrogen and oxygen atoms in total. The molecule has 1 heterocycles. The molecule has 27 heavy (non-hydrogen) atoms. The molecular formula is C23H34N2O2. The van der Waals surface area contributed by atoms with Crippen molar-refractivity contribution in [2.45, 2.75) is 84.1 Å². The van der Waals surface area contributed by atoms with Crippen LogP contribution in [0.2, 0.25) is 0 Å². The van der Waals surface area contributed by atoms with Crippen LogP contribution in [0.25, 0.3) is 0 Å². The van der Waals surface area contributed by atoms with Gasteiger partial charge >= 0.3 is 0 Å². The van der Waals surface area contributed by atoms with Gasteiger partial charge in [-0.25, -0.2) is 0 Å². The maximum absolute atomic E-state index is 12.9. The molecule has 148 valence electrons. The lowest BCUT2D eigenvalue weighted by Gasteiger charge is -2.27. The van der Waals surface area contributed by atoms with E-state index < -0.39 is 0 Å². The highest BCUT2D eigenvalue weighted by molar-refractivity contribution is 6.01. The highest BCUT2D eigenvalue weighted by atomic mass is 16.2. The van der Waals surface area contributed by atoms with Gasteiger partial charge in [0.05, 0.1) is 11.6 Å². The fourth-order valence-electron chi connectivity index (χ4n) is 4.49. The molecule has 0 aromatic heterocycles. The molecule has 1 aromatic rings. The minimum atomic E-state index is -0.236. The Morgan fingerprint density at radius 3 is 2.19 bits per heavy atom. The Hall–Kier alpha value is -1.84. The number of nitrogens with one attached hydrogen (secondary N) is 1. The molecule has 2 fully saturated rings. The van der Waals surface area contributed by atoms with E-state index in [2.05, 4.69) is 51.2 Å². The second kappa shape index (κ2) is 8.45. The van der Waals surface area contributed by atoms with Crippen molar-refractivity contribution in [2.24, 2.45) is 5.92 Å². The summed E-state index contributed by atoms with van der Waals surface area (Å²) < 4.78 is 0. The van der Waals surface area contributed by atoms with Crippen LogP contribution in [0.1, 0.15) is 89.2 Å². The topological polar surface area (TPSA) is 49.4 Å². The van der Waals surface area contributed by atoms with Gasteiger partial charge in [0.25, 0.3) is 0 Å². The zero-order valence-electron chi connectivity index (χ0n) is 17.3. The van der Waals surface area contributed by atoms with Crippen LogP contribution in [0, 0.1) is 5.92 Å². The van der Waals surface area contributed by atoms with Crippen LogP contribution in [0.5, 0.6) is 0 Å². The summed E-state index contributed by atoms with van der Waals surface area (Å²) in [5.41, 5.74) is 3.44. The highest BCUT2D eigenvalue weighted by Gasteiger charge is 2.38. The first-order chi connectivity index (χ1) is 12.9. The molecule has 4 heteroatoms. The van der Waals surface area contributed by atoms with Crippen LogP contribution in [0.4, 0.5) is 5.69 Å². The lowest BCUT2D eigenvalue weighted by atomic mass is 9.92. The van der Waals surface area contributed by atoms with Gasteiger partial charge < -0.3 is 10.2 Å². The molecule has 1 N–H and O–H groups in total. The van der Waals surface area contributed by atoms with E-state index in [4.69, 9.17) is 0 Å². The van der Waals surface area contributed by atoms with Gasteiger partial charge in [-0.05, 0) is 35.8 Å². The van der Waals surface area contributed by atoms with E-state index in [0.29, 0.717) is 30.8 Å². The maximum Gasteiger partial charge on any atom is 0.227 e. The number of anilines is 1. The molecular weight excluding hydrogens is 336 g/mol. The van der Waals surface area contributed by atoms with Crippen LogP contribution in [-0.4, -0.2) is 24.4 Å². The van der Waals surface area contributed by atoms with Gasteiger partial charge in [-0.1, -0.05) is 65.2 Å². The zero-order chi connectivity index (χ0) is 19.6. The molecule has 1 saturated carbocycles. The van der Waals surface area contributed by atoms with Gasteiger partial charge in [-0.2, -0.15) is 0 Å². The summed E-state index contributed by atoms with van der Waals surface area (Å²) in [6, 6.07) is 6.62. The first-order valence-electron chi connectivity index (χ1n) is 10.6. The Morgan fingerprint density at radius 2 is 1.63 bits per heavy atom. The fourth-order valence-corrected chi connectivity index (χ4v) is 4.49. The Balaban J connectivity index is 1.80. The summed E-state index contributed by atoms with van der Waals surface area (Å²) in [6.07, 6.45) is 6.13. The molecule has 1 unspecified atom stereocenters. The quantitative estimate of drug-likeness (QED) is 0.814. The lowest BCUT2D eigenvalue weighted by molar-refractivity contribution is -0.127. The largest absolute Gasteiger partial charge is 0.353 e. The van der Waals surface area contributed by atoms with Crippen molar-refractivity contribution in [3.05, 3.63) is 29.3 Å². The maximum atomic E-state index is 12.9. The van der Waals surface area contributed by atoms with Gasteiger partial charge in [0, 0.05) is 19.0 Å².